The zero-order chi connectivity index (χ0) is 15.5. The molecular weight excluding hydrogens is 284 g/mol. The number of nitrogens with one attached hydrogen (secondary N) is 2. The van der Waals surface area contributed by atoms with Crippen molar-refractivity contribution in [3.05, 3.63) is 0 Å². The van der Waals surface area contributed by atoms with Crippen molar-refractivity contribution in [2.24, 2.45) is 0 Å². The highest BCUT2D eigenvalue weighted by Gasteiger charge is 2.10. The van der Waals surface area contributed by atoms with Crippen LogP contribution in [0.3, 0.4) is 0 Å². The Morgan fingerprint density at radius 3 is 1.59 bits per heavy atom. The Hall–Kier alpha value is -0.890. The van der Waals surface area contributed by atoms with Gasteiger partial charge in [0.2, 0.25) is 0 Å². The lowest BCUT2D eigenvalue weighted by Crippen LogP contribution is -2.41. The monoisotopic (exact) mass is 314 g/mol. The van der Waals surface area contributed by atoms with E-state index in [4.69, 9.17) is 9.47 Å². The van der Waals surface area contributed by atoms with E-state index >= 15 is 0 Å². The van der Waals surface area contributed by atoms with Crippen LogP contribution in [0.2, 0.25) is 0 Å². The lowest BCUT2D eigenvalue weighted by Gasteiger charge is -2.26. The van der Waals surface area contributed by atoms with Crippen LogP contribution >= 0.6 is 0 Å². The minimum atomic E-state index is -0.0519. The highest BCUT2D eigenvalue weighted by atomic mass is 16.5. The summed E-state index contributed by atoms with van der Waals surface area (Å²) in [6.45, 7) is 10.9. The largest absolute Gasteiger partial charge is 0.379 e. The molecule has 7 nitrogen and oxygen atoms in total. The minimum absolute atomic E-state index is 0.0519. The van der Waals surface area contributed by atoms with Crippen LogP contribution in [0.4, 0.5) is 4.79 Å². The van der Waals surface area contributed by atoms with Crippen molar-refractivity contribution in [2.45, 2.75) is 12.8 Å². The van der Waals surface area contributed by atoms with Gasteiger partial charge in [0.25, 0.3) is 0 Å². The minimum Gasteiger partial charge on any atom is -0.379 e. The highest BCUT2D eigenvalue weighted by molar-refractivity contribution is 5.73. The zero-order valence-electron chi connectivity index (χ0n) is 13.5. The third-order valence-electron chi connectivity index (χ3n) is 4.08. The average molecular weight is 314 g/mol. The molecule has 2 fully saturated rings. The van der Waals surface area contributed by atoms with Gasteiger partial charge in [-0.3, -0.25) is 9.80 Å². The smallest absolute Gasteiger partial charge is 0.314 e. The first kappa shape index (κ1) is 17.5. The second-order valence-corrected chi connectivity index (χ2v) is 5.80. The van der Waals surface area contributed by atoms with Crippen molar-refractivity contribution in [3.63, 3.8) is 0 Å². The van der Waals surface area contributed by atoms with Crippen molar-refractivity contribution < 1.29 is 14.3 Å². The first-order valence-electron chi connectivity index (χ1n) is 8.46. The van der Waals surface area contributed by atoms with E-state index in [2.05, 4.69) is 20.4 Å². The van der Waals surface area contributed by atoms with E-state index in [1.165, 1.54) is 0 Å². The third-order valence-corrected chi connectivity index (χ3v) is 4.08. The molecule has 2 rings (SSSR count). The van der Waals surface area contributed by atoms with Gasteiger partial charge in [-0.2, -0.15) is 0 Å². The van der Waals surface area contributed by atoms with Gasteiger partial charge in [-0.05, 0) is 25.9 Å². The molecule has 22 heavy (non-hydrogen) atoms. The van der Waals surface area contributed by atoms with E-state index in [0.717, 1.165) is 91.6 Å². The van der Waals surface area contributed by atoms with Crippen LogP contribution in [-0.2, 0) is 9.47 Å². The van der Waals surface area contributed by atoms with Crippen LogP contribution in [0, 0.1) is 0 Å². The quantitative estimate of drug-likeness (QED) is 0.604. The molecule has 0 spiro atoms. The molecule has 0 unspecified atom stereocenters. The van der Waals surface area contributed by atoms with E-state index in [1.54, 1.807) is 0 Å². The van der Waals surface area contributed by atoms with E-state index in [9.17, 15) is 4.79 Å². The lowest BCUT2D eigenvalue weighted by atomic mass is 10.3. The summed E-state index contributed by atoms with van der Waals surface area (Å²) in [5, 5.41) is 5.84. The topological polar surface area (TPSA) is 66.1 Å². The van der Waals surface area contributed by atoms with Gasteiger partial charge in [-0.25, -0.2) is 4.79 Å². The first-order chi connectivity index (χ1) is 10.8. The number of urea groups is 1. The summed E-state index contributed by atoms with van der Waals surface area (Å²) in [4.78, 5) is 16.4. The van der Waals surface area contributed by atoms with Crippen LogP contribution in [0.1, 0.15) is 12.8 Å². The second kappa shape index (κ2) is 10.8. The maximum atomic E-state index is 11.7. The molecule has 2 aliphatic heterocycles. The molecule has 0 aliphatic carbocycles. The summed E-state index contributed by atoms with van der Waals surface area (Å²) >= 11 is 0. The predicted octanol–water partition coefficient (Wildman–Crippen LogP) is -0.270. The average Bonchev–Trinajstić information content (AvgIpc) is 2.57. The summed E-state index contributed by atoms with van der Waals surface area (Å²) < 4.78 is 10.6. The molecule has 2 amide bonds. The maximum Gasteiger partial charge on any atom is 0.314 e. The second-order valence-electron chi connectivity index (χ2n) is 5.80. The Morgan fingerprint density at radius 1 is 0.773 bits per heavy atom. The van der Waals surface area contributed by atoms with E-state index in [1.807, 2.05) is 0 Å². The number of morpholine rings is 2. The van der Waals surface area contributed by atoms with Gasteiger partial charge in [0.15, 0.2) is 0 Å². The first-order valence-corrected chi connectivity index (χ1v) is 8.46. The number of rotatable bonds is 8. The Labute approximate surface area is 133 Å². The predicted molar refractivity (Wildman–Crippen MR) is 85.2 cm³/mol. The van der Waals surface area contributed by atoms with E-state index in [-0.39, 0.29) is 6.03 Å². The standard InChI is InChI=1S/C15H30N4O3/c20-15(16-3-1-5-18-7-11-21-12-8-18)17-4-2-6-19-9-13-22-14-10-19/h1-14H2,(H2,16,17,20). The summed E-state index contributed by atoms with van der Waals surface area (Å²) in [5.41, 5.74) is 0. The van der Waals surface area contributed by atoms with E-state index < -0.39 is 0 Å². The highest BCUT2D eigenvalue weighted by Crippen LogP contribution is 1.98. The van der Waals surface area contributed by atoms with Gasteiger partial charge in [-0.15, -0.1) is 0 Å². The van der Waals surface area contributed by atoms with Crippen molar-refractivity contribution in [1.29, 1.82) is 0 Å². The fraction of sp³-hybridized carbons (Fsp3) is 0.933. The van der Waals surface area contributed by atoms with Crippen molar-refractivity contribution in [3.8, 4) is 0 Å². The Kier molecular flexibility index (Phi) is 8.55. The van der Waals surface area contributed by atoms with Gasteiger partial charge >= 0.3 is 6.03 Å². The van der Waals surface area contributed by atoms with Crippen LogP contribution in [0.15, 0.2) is 0 Å². The molecule has 2 heterocycles. The van der Waals surface area contributed by atoms with Gasteiger partial charge in [0.1, 0.15) is 0 Å². The van der Waals surface area contributed by atoms with Crippen LogP contribution in [-0.4, -0.2) is 94.6 Å². The molecule has 2 aliphatic rings. The number of ether oxygens (including phenoxy) is 2. The summed E-state index contributed by atoms with van der Waals surface area (Å²) in [5.74, 6) is 0. The lowest BCUT2D eigenvalue weighted by molar-refractivity contribution is 0.0374. The van der Waals surface area contributed by atoms with Gasteiger partial charge in [-0.1, -0.05) is 0 Å². The molecule has 0 aromatic heterocycles. The molecule has 0 aromatic carbocycles. The molecular formula is C15H30N4O3. The summed E-state index contributed by atoms with van der Waals surface area (Å²) in [6.07, 6.45) is 1.97. The molecule has 2 saturated heterocycles. The fourth-order valence-corrected chi connectivity index (χ4v) is 2.72. The molecule has 0 radical (unpaired) electrons. The zero-order valence-corrected chi connectivity index (χ0v) is 13.5. The van der Waals surface area contributed by atoms with Crippen LogP contribution in [0.25, 0.3) is 0 Å². The molecule has 0 bridgehead atoms. The number of amides is 2. The number of carbonyl (C=O) groups excluding carboxylic acids is 1. The van der Waals surface area contributed by atoms with Crippen LogP contribution < -0.4 is 10.6 Å². The molecule has 2 N–H and O–H groups in total. The van der Waals surface area contributed by atoms with Crippen molar-refractivity contribution in [1.82, 2.24) is 20.4 Å². The molecule has 128 valence electrons. The van der Waals surface area contributed by atoms with Crippen molar-refractivity contribution >= 4 is 6.03 Å². The van der Waals surface area contributed by atoms with Crippen LogP contribution in [0.5, 0.6) is 0 Å². The number of hydrogen-bond acceptors (Lipinski definition) is 5. The Balaban J connectivity index is 1.39. The molecule has 7 heteroatoms. The summed E-state index contributed by atoms with van der Waals surface area (Å²) in [6, 6.07) is -0.0519. The fourth-order valence-electron chi connectivity index (χ4n) is 2.72. The summed E-state index contributed by atoms with van der Waals surface area (Å²) in [7, 11) is 0. The van der Waals surface area contributed by atoms with Gasteiger partial charge in [0, 0.05) is 39.3 Å². The normalized spacial score (nSPS) is 20.7. The SMILES string of the molecule is O=C(NCCCN1CCOCC1)NCCCN1CCOCC1. The van der Waals surface area contributed by atoms with E-state index in [0.29, 0.717) is 0 Å². The number of carbonyl (C=O) groups is 1. The molecule has 0 aromatic rings. The van der Waals surface area contributed by atoms with Gasteiger partial charge in [0.05, 0.1) is 26.4 Å². The Bertz CT molecular complexity index is 277. The molecule has 0 atom stereocenters. The number of hydrogen-bond donors (Lipinski definition) is 2. The molecule has 0 saturated carbocycles. The van der Waals surface area contributed by atoms with Crippen molar-refractivity contribution in [2.75, 3.05) is 78.8 Å². The number of nitrogens with zero attached hydrogens (tertiary/aromatic N) is 2. The van der Waals surface area contributed by atoms with Gasteiger partial charge < -0.3 is 20.1 Å². The Morgan fingerprint density at radius 2 is 1.18 bits per heavy atom. The third kappa shape index (κ3) is 7.40. The maximum absolute atomic E-state index is 11.7.